The van der Waals surface area contributed by atoms with Gasteiger partial charge in [-0.25, -0.2) is 9.37 Å². The number of hydrogen-bond donors (Lipinski definition) is 2. The van der Waals surface area contributed by atoms with Crippen LogP contribution in [-0.2, 0) is 0 Å². The lowest BCUT2D eigenvalue weighted by atomic mass is 10.2. The molecule has 8 nitrogen and oxygen atoms in total. The average molecular weight is 417 g/mol. The van der Waals surface area contributed by atoms with Gasteiger partial charge >= 0.3 is 0 Å². The molecule has 0 radical (unpaired) electrons. The number of oxazole rings is 1. The molecule has 3 rings (SSSR count). The number of nitrogens with two attached hydrogens (primary N) is 1. The van der Waals surface area contributed by atoms with Crippen molar-refractivity contribution in [1.82, 2.24) is 4.98 Å². The molecule has 0 spiro atoms. The highest BCUT2D eigenvalue weighted by Gasteiger charge is 2.24. The van der Waals surface area contributed by atoms with Crippen molar-refractivity contribution in [2.45, 2.75) is 0 Å². The Morgan fingerprint density at radius 2 is 1.86 bits per heavy atom. The number of aromatic nitrogens is 1. The van der Waals surface area contributed by atoms with E-state index in [0.717, 1.165) is 18.5 Å². The van der Waals surface area contributed by atoms with E-state index in [2.05, 4.69) is 10.3 Å². The summed E-state index contributed by atoms with van der Waals surface area (Å²) < 4.78 is 18.0. The highest BCUT2D eigenvalue weighted by molar-refractivity contribution is 6.34. The van der Waals surface area contributed by atoms with E-state index in [1.807, 2.05) is 0 Å². The third-order valence-corrected chi connectivity index (χ3v) is 4.30. The molecule has 1 aromatic heterocycles. The number of halogens is 2. The van der Waals surface area contributed by atoms with Gasteiger partial charge in [-0.3, -0.25) is 14.4 Å². The number of benzene rings is 2. The number of amides is 3. The Kier molecular flexibility index (Phi) is 5.60. The van der Waals surface area contributed by atoms with Crippen molar-refractivity contribution >= 4 is 40.7 Å². The van der Waals surface area contributed by atoms with Crippen LogP contribution < -0.4 is 16.0 Å². The Labute approximate surface area is 169 Å². The van der Waals surface area contributed by atoms with Crippen LogP contribution >= 0.6 is 11.6 Å². The smallest absolute Gasteiger partial charge is 0.287 e. The van der Waals surface area contributed by atoms with Crippen molar-refractivity contribution in [1.29, 1.82) is 0 Å². The molecule has 0 aliphatic rings. The van der Waals surface area contributed by atoms with Crippen LogP contribution in [0.5, 0.6) is 0 Å². The SMILES string of the molecule is CN(C(=O)c1ncoc1C(N)=O)c1ccc(NC(=O)c2ccc(F)cc2Cl)cc1. The van der Waals surface area contributed by atoms with E-state index < -0.39 is 23.5 Å². The summed E-state index contributed by atoms with van der Waals surface area (Å²) >= 11 is 5.88. The van der Waals surface area contributed by atoms with Crippen molar-refractivity contribution < 1.29 is 23.2 Å². The van der Waals surface area contributed by atoms with Crippen LogP contribution in [0.2, 0.25) is 5.02 Å². The number of anilines is 2. The minimum atomic E-state index is -0.906. The van der Waals surface area contributed by atoms with Crippen LogP contribution in [0, 0.1) is 5.82 Å². The van der Waals surface area contributed by atoms with Gasteiger partial charge in [0.1, 0.15) is 5.82 Å². The number of nitrogens with zero attached hydrogens (tertiary/aromatic N) is 2. The first kappa shape index (κ1) is 20.0. The average Bonchev–Trinajstić information content (AvgIpc) is 3.17. The monoisotopic (exact) mass is 416 g/mol. The quantitative estimate of drug-likeness (QED) is 0.662. The van der Waals surface area contributed by atoms with Crippen LogP contribution in [0.25, 0.3) is 0 Å². The molecule has 3 N–H and O–H groups in total. The van der Waals surface area contributed by atoms with E-state index in [4.69, 9.17) is 21.8 Å². The Hall–Kier alpha value is -3.72. The fourth-order valence-electron chi connectivity index (χ4n) is 2.49. The lowest BCUT2D eigenvalue weighted by molar-refractivity contribution is 0.0943. The first-order valence-electron chi connectivity index (χ1n) is 8.15. The molecule has 3 aromatic rings. The normalized spacial score (nSPS) is 10.4. The van der Waals surface area contributed by atoms with Crippen molar-refractivity contribution in [3.05, 3.63) is 76.7 Å². The fourth-order valence-corrected chi connectivity index (χ4v) is 2.74. The Morgan fingerprint density at radius 3 is 2.48 bits per heavy atom. The first-order valence-corrected chi connectivity index (χ1v) is 8.53. The maximum absolute atomic E-state index is 13.1. The largest absolute Gasteiger partial charge is 0.437 e. The summed E-state index contributed by atoms with van der Waals surface area (Å²) in [5.74, 6) is -2.89. The minimum absolute atomic E-state index is 0.0117. The molecule has 0 aliphatic carbocycles. The van der Waals surface area contributed by atoms with Crippen LogP contribution in [0.3, 0.4) is 0 Å². The van der Waals surface area contributed by atoms with Gasteiger partial charge in [0.15, 0.2) is 12.1 Å². The van der Waals surface area contributed by atoms with E-state index in [-0.39, 0.29) is 22.0 Å². The number of hydrogen-bond acceptors (Lipinski definition) is 5. The predicted molar refractivity (Wildman–Crippen MR) is 104 cm³/mol. The van der Waals surface area contributed by atoms with Gasteiger partial charge in [0, 0.05) is 18.4 Å². The minimum Gasteiger partial charge on any atom is -0.437 e. The second-order valence-corrected chi connectivity index (χ2v) is 6.29. The molecule has 0 aliphatic heterocycles. The maximum atomic E-state index is 13.1. The molecule has 0 saturated heterocycles. The second kappa shape index (κ2) is 8.11. The summed E-state index contributed by atoms with van der Waals surface area (Å²) in [6.45, 7) is 0. The molecule has 2 aromatic carbocycles. The third-order valence-electron chi connectivity index (χ3n) is 3.99. The molecule has 0 bridgehead atoms. The maximum Gasteiger partial charge on any atom is 0.287 e. The van der Waals surface area contributed by atoms with Gasteiger partial charge in [-0.1, -0.05) is 11.6 Å². The van der Waals surface area contributed by atoms with Gasteiger partial charge in [-0.05, 0) is 42.5 Å². The molecule has 0 fully saturated rings. The standard InChI is InChI=1S/C19H14ClFN4O4/c1-25(19(28)15-16(17(22)26)29-9-23-15)12-5-3-11(4-6-12)24-18(27)13-7-2-10(21)8-14(13)20/h2-9H,1H3,(H2,22,26)(H,24,27). The number of nitrogens with one attached hydrogen (secondary N) is 1. The highest BCUT2D eigenvalue weighted by atomic mass is 35.5. The van der Waals surface area contributed by atoms with E-state index in [1.54, 1.807) is 24.3 Å². The predicted octanol–water partition coefficient (Wildman–Crippen LogP) is 3.09. The first-order chi connectivity index (χ1) is 13.8. The zero-order valence-corrected chi connectivity index (χ0v) is 15.7. The van der Waals surface area contributed by atoms with Gasteiger partial charge in [0.25, 0.3) is 17.7 Å². The summed E-state index contributed by atoms with van der Waals surface area (Å²) in [6, 6.07) is 9.73. The zero-order valence-electron chi connectivity index (χ0n) is 15.0. The lowest BCUT2D eigenvalue weighted by Gasteiger charge is -2.17. The third kappa shape index (κ3) is 4.25. The zero-order chi connectivity index (χ0) is 21.1. The number of carbonyl (C=O) groups is 3. The van der Waals surface area contributed by atoms with Gasteiger partial charge in [0.2, 0.25) is 5.76 Å². The Morgan fingerprint density at radius 1 is 1.17 bits per heavy atom. The van der Waals surface area contributed by atoms with Gasteiger partial charge in [-0.15, -0.1) is 0 Å². The van der Waals surface area contributed by atoms with E-state index >= 15 is 0 Å². The molecule has 3 amide bonds. The molecule has 10 heteroatoms. The van der Waals surface area contributed by atoms with Crippen molar-refractivity contribution in [3.8, 4) is 0 Å². The van der Waals surface area contributed by atoms with Gasteiger partial charge in [0.05, 0.1) is 10.6 Å². The number of primary amides is 1. The van der Waals surface area contributed by atoms with Crippen LogP contribution in [0.4, 0.5) is 15.8 Å². The van der Waals surface area contributed by atoms with E-state index in [9.17, 15) is 18.8 Å². The van der Waals surface area contributed by atoms with E-state index in [1.165, 1.54) is 18.0 Å². The molecule has 0 unspecified atom stereocenters. The number of carbonyl (C=O) groups excluding carboxylic acids is 3. The summed E-state index contributed by atoms with van der Waals surface area (Å²) in [5, 5.41) is 2.62. The fraction of sp³-hybridized carbons (Fsp3) is 0.0526. The summed E-state index contributed by atoms with van der Waals surface area (Å²) in [7, 11) is 1.48. The summed E-state index contributed by atoms with van der Waals surface area (Å²) in [4.78, 5) is 41.1. The molecular weight excluding hydrogens is 403 g/mol. The molecule has 29 heavy (non-hydrogen) atoms. The number of rotatable bonds is 5. The topological polar surface area (TPSA) is 119 Å². The Balaban J connectivity index is 1.74. The molecular formula is C19H14ClFN4O4. The van der Waals surface area contributed by atoms with Crippen molar-refractivity contribution in [2.75, 3.05) is 17.3 Å². The molecule has 0 atom stereocenters. The van der Waals surface area contributed by atoms with E-state index in [0.29, 0.717) is 11.4 Å². The van der Waals surface area contributed by atoms with Gasteiger partial charge in [-0.2, -0.15) is 0 Å². The molecule has 148 valence electrons. The Bertz CT molecular complexity index is 1100. The molecule has 0 saturated carbocycles. The molecule has 1 heterocycles. The van der Waals surface area contributed by atoms with Crippen molar-refractivity contribution in [3.63, 3.8) is 0 Å². The van der Waals surface area contributed by atoms with Crippen LogP contribution in [0.1, 0.15) is 31.4 Å². The summed E-state index contributed by atoms with van der Waals surface area (Å²) in [5.41, 5.74) is 5.96. The van der Waals surface area contributed by atoms with Crippen molar-refractivity contribution in [2.24, 2.45) is 5.73 Å². The summed E-state index contributed by atoms with van der Waals surface area (Å²) in [6.07, 6.45) is 0.959. The lowest BCUT2D eigenvalue weighted by Crippen LogP contribution is -2.29. The van der Waals surface area contributed by atoms with Crippen LogP contribution in [0.15, 0.2) is 53.3 Å². The van der Waals surface area contributed by atoms with Gasteiger partial charge < -0.3 is 20.4 Å². The second-order valence-electron chi connectivity index (χ2n) is 5.88. The highest BCUT2D eigenvalue weighted by Crippen LogP contribution is 2.22. The van der Waals surface area contributed by atoms with Crippen LogP contribution in [-0.4, -0.2) is 29.8 Å².